The van der Waals surface area contributed by atoms with E-state index in [-0.39, 0.29) is 19.0 Å². The highest BCUT2D eigenvalue weighted by Crippen LogP contribution is 2.11. The van der Waals surface area contributed by atoms with Crippen molar-refractivity contribution in [1.82, 2.24) is 4.90 Å². The SMILES string of the molecule is CC[C@@H](O)COCC(/C(N)=N/O)N(C)C(=O)OC(C)(C)C. The van der Waals surface area contributed by atoms with Crippen molar-refractivity contribution in [2.45, 2.75) is 51.9 Å². The smallest absolute Gasteiger partial charge is 0.410 e. The summed E-state index contributed by atoms with van der Waals surface area (Å²) in [6, 6.07) is -0.783. The van der Waals surface area contributed by atoms with Crippen LogP contribution in [0.4, 0.5) is 4.79 Å². The summed E-state index contributed by atoms with van der Waals surface area (Å²) in [5.74, 6) is -0.172. The number of ether oxygens (including phenoxy) is 2. The summed E-state index contributed by atoms with van der Waals surface area (Å²) in [6.07, 6.45) is -0.653. The van der Waals surface area contributed by atoms with Crippen molar-refractivity contribution in [3.8, 4) is 0 Å². The summed E-state index contributed by atoms with van der Waals surface area (Å²) < 4.78 is 10.5. The number of nitrogens with two attached hydrogens (primary N) is 1. The van der Waals surface area contributed by atoms with E-state index in [0.29, 0.717) is 6.42 Å². The predicted octanol–water partition coefficient (Wildman–Crippen LogP) is 0.756. The highest BCUT2D eigenvalue weighted by molar-refractivity contribution is 5.88. The van der Waals surface area contributed by atoms with E-state index in [9.17, 15) is 9.90 Å². The van der Waals surface area contributed by atoms with E-state index in [1.165, 1.54) is 11.9 Å². The van der Waals surface area contributed by atoms with Crippen LogP contribution in [0, 0.1) is 0 Å². The molecular formula is C13H27N3O5. The molecule has 124 valence electrons. The molecule has 1 amide bonds. The van der Waals surface area contributed by atoms with Crippen LogP contribution in [0.1, 0.15) is 34.1 Å². The van der Waals surface area contributed by atoms with Gasteiger partial charge >= 0.3 is 6.09 Å². The van der Waals surface area contributed by atoms with Gasteiger partial charge in [0.1, 0.15) is 11.6 Å². The number of amidine groups is 1. The monoisotopic (exact) mass is 305 g/mol. The Morgan fingerprint density at radius 3 is 2.38 bits per heavy atom. The fourth-order valence-corrected chi connectivity index (χ4v) is 1.36. The first kappa shape index (κ1) is 19.5. The van der Waals surface area contributed by atoms with Gasteiger partial charge in [0.15, 0.2) is 5.84 Å². The summed E-state index contributed by atoms with van der Waals surface area (Å²) in [7, 11) is 1.47. The Morgan fingerprint density at radius 2 is 1.95 bits per heavy atom. The van der Waals surface area contributed by atoms with Crippen molar-refractivity contribution in [2.24, 2.45) is 10.9 Å². The van der Waals surface area contributed by atoms with Crippen molar-refractivity contribution >= 4 is 11.9 Å². The number of aliphatic hydroxyl groups excluding tert-OH is 1. The minimum absolute atomic E-state index is 0.0112. The molecule has 2 atom stereocenters. The molecule has 0 aliphatic carbocycles. The zero-order valence-corrected chi connectivity index (χ0v) is 13.4. The second-order valence-electron chi connectivity index (χ2n) is 5.73. The van der Waals surface area contributed by atoms with Crippen molar-refractivity contribution < 1.29 is 24.6 Å². The Kier molecular flexibility index (Phi) is 8.05. The lowest BCUT2D eigenvalue weighted by molar-refractivity contribution is 0.00203. The molecule has 8 nitrogen and oxygen atoms in total. The molecule has 0 spiro atoms. The number of aliphatic hydroxyl groups is 1. The molecule has 8 heteroatoms. The summed E-state index contributed by atoms with van der Waals surface area (Å²) >= 11 is 0. The Bertz CT molecular complexity index is 354. The second kappa shape index (κ2) is 8.68. The van der Waals surface area contributed by atoms with E-state index < -0.39 is 23.8 Å². The average molecular weight is 305 g/mol. The fraction of sp³-hybridized carbons (Fsp3) is 0.846. The van der Waals surface area contributed by atoms with Crippen molar-refractivity contribution in [3.05, 3.63) is 0 Å². The van der Waals surface area contributed by atoms with Crippen molar-refractivity contribution in [2.75, 3.05) is 20.3 Å². The van der Waals surface area contributed by atoms with Gasteiger partial charge in [-0.15, -0.1) is 0 Å². The summed E-state index contributed by atoms with van der Waals surface area (Å²) in [5.41, 5.74) is 4.92. The van der Waals surface area contributed by atoms with Crippen molar-refractivity contribution in [3.63, 3.8) is 0 Å². The molecular weight excluding hydrogens is 278 g/mol. The third-order valence-corrected chi connectivity index (χ3v) is 2.66. The number of likely N-dealkylation sites (N-methyl/N-ethyl adjacent to an activating group) is 1. The van der Waals surface area contributed by atoms with Gasteiger partial charge in [-0.3, -0.25) is 4.90 Å². The van der Waals surface area contributed by atoms with Crippen LogP contribution in [0.3, 0.4) is 0 Å². The maximum atomic E-state index is 12.0. The lowest BCUT2D eigenvalue weighted by Crippen LogP contribution is -2.50. The minimum Gasteiger partial charge on any atom is -0.444 e. The lowest BCUT2D eigenvalue weighted by atomic mass is 10.2. The fourth-order valence-electron chi connectivity index (χ4n) is 1.36. The summed E-state index contributed by atoms with van der Waals surface area (Å²) in [4.78, 5) is 13.2. The lowest BCUT2D eigenvalue weighted by Gasteiger charge is -2.30. The number of nitrogens with zero attached hydrogens (tertiary/aromatic N) is 2. The number of carbonyl (C=O) groups excluding carboxylic acids is 1. The van der Waals surface area contributed by atoms with E-state index in [1.807, 2.05) is 6.92 Å². The van der Waals surface area contributed by atoms with Crippen LogP contribution in [0.2, 0.25) is 0 Å². The molecule has 4 N–H and O–H groups in total. The Labute approximate surface area is 125 Å². The Hall–Kier alpha value is -1.54. The average Bonchev–Trinajstić information content (AvgIpc) is 2.39. The quantitative estimate of drug-likeness (QED) is 0.276. The van der Waals surface area contributed by atoms with Gasteiger partial charge in [0.2, 0.25) is 0 Å². The maximum absolute atomic E-state index is 12.0. The second-order valence-corrected chi connectivity index (χ2v) is 5.73. The molecule has 0 aliphatic heterocycles. The third-order valence-electron chi connectivity index (χ3n) is 2.66. The number of carbonyl (C=O) groups is 1. The van der Waals surface area contributed by atoms with Gasteiger partial charge in [0.05, 0.1) is 19.3 Å². The molecule has 0 bridgehead atoms. The van der Waals surface area contributed by atoms with Gasteiger partial charge in [0, 0.05) is 7.05 Å². The van der Waals surface area contributed by atoms with E-state index in [4.69, 9.17) is 20.4 Å². The molecule has 0 aliphatic rings. The molecule has 1 unspecified atom stereocenters. The molecule has 0 heterocycles. The zero-order valence-electron chi connectivity index (χ0n) is 13.4. The minimum atomic E-state index is -0.783. The molecule has 0 aromatic rings. The number of oxime groups is 1. The molecule has 0 fully saturated rings. The first-order valence-corrected chi connectivity index (χ1v) is 6.81. The van der Waals surface area contributed by atoms with E-state index in [1.54, 1.807) is 20.8 Å². The van der Waals surface area contributed by atoms with Gasteiger partial charge < -0.3 is 25.5 Å². The van der Waals surface area contributed by atoms with E-state index >= 15 is 0 Å². The topological polar surface area (TPSA) is 118 Å². The van der Waals surface area contributed by atoms with Crippen LogP contribution in [0.25, 0.3) is 0 Å². The highest BCUT2D eigenvalue weighted by Gasteiger charge is 2.28. The number of rotatable bonds is 7. The van der Waals surface area contributed by atoms with Crippen LogP contribution in [0.5, 0.6) is 0 Å². The predicted molar refractivity (Wildman–Crippen MR) is 78.3 cm³/mol. The Balaban J connectivity index is 4.71. The first-order valence-electron chi connectivity index (χ1n) is 6.81. The molecule has 0 aromatic carbocycles. The van der Waals surface area contributed by atoms with Crippen LogP contribution in [-0.4, -0.2) is 65.2 Å². The van der Waals surface area contributed by atoms with Crippen molar-refractivity contribution in [1.29, 1.82) is 0 Å². The molecule has 21 heavy (non-hydrogen) atoms. The maximum Gasteiger partial charge on any atom is 0.410 e. The van der Waals surface area contributed by atoms with Gasteiger partial charge in [-0.25, -0.2) is 4.79 Å². The van der Waals surface area contributed by atoms with Gasteiger partial charge in [0.25, 0.3) is 0 Å². The normalized spacial score (nSPS) is 15.4. The number of hydrogen-bond donors (Lipinski definition) is 3. The standard InChI is InChI=1S/C13H27N3O5/c1-6-9(17)7-20-8-10(11(14)15-19)16(5)12(18)21-13(2,3)4/h9-10,17,19H,6-8H2,1-5H3,(H2,14,15)/t9-,10?/m1/s1. The third kappa shape index (κ3) is 7.72. The van der Waals surface area contributed by atoms with Gasteiger partial charge in [-0.1, -0.05) is 12.1 Å². The highest BCUT2D eigenvalue weighted by atomic mass is 16.6. The van der Waals surface area contributed by atoms with E-state index in [2.05, 4.69) is 5.16 Å². The molecule has 0 saturated carbocycles. The van der Waals surface area contributed by atoms with Crippen LogP contribution in [-0.2, 0) is 9.47 Å². The first-order chi connectivity index (χ1) is 9.62. The van der Waals surface area contributed by atoms with Crippen LogP contribution < -0.4 is 5.73 Å². The molecule has 0 saturated heterocycles. The van der Waals surface area contributed by atoms with Crippen LogP contribution in [0.15, 0.2) is 5.16 Å². The summed E-state index contributed by atoms with van der Waals surface area (Å²) in [5, 5.41) is 21.1. The molecule has 0 radical (unpaired) electrons. The number of hydrogen-bond acceptors (Lipinski definition) is 6. The van der Waals surface area contributed by atoms with Gasteiger partial charge in [-0.05, 0) is 27.2 Å². The van der Waals surface area contributed by atoms with Crippen LogP contribution >= 0.6 is 0 Å². The summed E-state index contributed by atoms with van der Waals surface area (Å²) in [6.45, 7) is 7.14. The number of amides is 1. The molecule has 0 aromatic heterocycles. The van der Waals surface area contributed by atoms with E-state index in [0.717, 1.165) is 0 Å². The molecule has 0 rings (SSSR count). The Morgan fingerprint density at radius 1 is 1.38 bits per heavy atom. The largest absolute Gasteiger partial charge is 0.444 e. The zero-order chi connectivity index (χ0) is 16.6. The van der Waals surface area contributed by atoms with Gasteiger partial charge in [-0.2, -0.15) is 0 Å².